The van der Waals surface area contributed by atoms with Crippen LogP contribution >= 0.6 is 0 Å². The molecule has 3 aromatic rings. The molecule has 0 fully saturated rings. The summed E-state index contributed by atoms with van der Waals surface area (Å²) in [5.41, 5.74) is 4.16. The van der Waals surface area contributed by atoms with E-state index in [1.54, 1.807) is 0 Å². The number of anilines is 1. The van der Waals surface area contributed by atoms with Crippen molar-refractivity contribution in [2.45, 2.75) is 136 Å². The Hall–Kier alpha value is -2.66. The molecule has 0 atom stereocenters. The lowest BCUT2D eigenvalue weighted by atomic mass is 9.85. The number of nitrogens with one attached hydrogen (secondary N) is 1. The zero-order valence-corrected chi connectivity index (χ0v) is 30.2. The first-order valence-corrected chi connectivity index (χ1v) is 17.4. The molecule has 0 saturated carbocycles. The molecule has 5 heteroatoms. The number of pyridine rings is 1. The van der Waals surface area contributed by atoms with Gasteiger partial charge in [-0.15, -0.1) is 0 Å². The molecule has 4 nitrogen and oxygen atoms in total. The molecule has 1 aromatic heterocycles. The molecule has 0 bridgehead atoms. The Balaban J connectivity index is 0.00000705. The van der Waals surface area contributed by atoms with E-state index < -0.39 is 0 Å². The molecule has 2 aromatic carbocycles. The maximum Gasteiger partial charge on any atom is 0.228 e. The van der Waals surface area contributed by atoms with E-state index in [4.69, 9.17) is 4.74 Å². The molecule has 248 valence electrons. The first-order valence-electron chi connectivity index (χ1n) is 17.4. The topological polar surface area (TPSA) is 42.2 Å². The number of aromatic nitrogens is 1. The van der Waals surface area contributed by atoms with Crippen molar-refractivity contribution in [3.8, 4) is 5.75 Å². The van der Waals surface area contributed by atoms with E-state index in [1.165, 1.54) is 94.6 Å². The molecular formula is C40H59BrN2O2. The summed E-state index contributed by atoms with van der Waals surface area (Å²) >= 11 is 0. The Bertz CT molecular complexity index is 1210. The minimum Gasteiger partial charge on any atom is -1.00 e. The maximum absolute atomic E-state index is 12.9. The van der Waals surface area contributed by atoms with E-state index in [2.05, 4.69) is 80.3 Å². The van der Waals surface area contributed by atoms with Gasteiger partial charge in [0.1, 0.15) is 5.75 Å². The summed E-state index contributed by atoms with van der Waals surface area (Å²) in [5.74, 6) is 0.900. The van der Waals surface area contributed by atoms with Gasteiger partial charge in [0, 0.05) is 23.4 Å². The van der Waals surface area contributed by atoms with Crippen LogP contribution in [-0.4, -0.2) is 12.5 Å². The standard InChI is InChI=1S/C40H58N2O2.BrH/c1-5-6-7-8-9-10-11-12-13-14-15-16-17-21-30-44-38-31-35(24-27-37(38)40(2,3)4)32-39(43)41-36-25-22-34(23-26-36)33-42-28-19-18-20-29-42;/h18-20,22-29,31H,5-17,21,30,32-33H2,1-4H3;1H. The van der Waals surface area contributed by atoms with Gasteiger partial charge in [-0.3, -0.25) is 4.79 Å². The number of halogens is 1. The van der Waals surface area contributed by atoms with Gasteiger partial charge in [-0.25, -0.2) is 4.57 Å². The van der Waals surface area contributed by atoms with Gasteiger partial charge in [0.25, 0.3) is 0 Å². The summed E-state index contributed by atoms with van der Waals surface area (Å²) in [5, 5.41) is 3.06. The summed E-state index contributed by atoms with van der Waals surface area (Å²) < 4.78 is 8.47. The Labute approximate surface area is 285 Å². The smallest absolute Gasteiger partial charge is 0.228 e. The van der Waals surface area contributed by atoms with E-state index in [9.17, 15) is 4.79 Å². The normalized spacial score (nSPS) is 11.2. The van der Waals surface area contributed by atoms with Crippen molar-refractivity contribution in [1.29, 1.82) is 0 Å². The summed E-state index contributed by atoms with van der Waals surface area (Å²) in [6, 6.07) is 20.4. The van der Waals surface area contributed by atoms with Gasteiger partial charge >= 0.3 is 0 Å². The van der Waals surface area contributed by atoms with E-state index in [0.717, 1.165) is 36.6 Å². The summed E-state index contributed by atoms with van der Waals surface area (Å²) in [6.07, 6.45) is 23.4. The molecule has 45 heavy (non-hydrogen) atoms. The molecule has 0 radical (unpaired) electrons. The van der Waals surface area contributed by atoms with Gasteiger partial charge in [-0.2, -0.15) is 0 Å². The molecular weight excluding hydrogens is 620 g/mol. The number of hydrogen-bond acceptors (Lipinski definition) is 2. The van der Waals surface area contributed by atoms with Gasteiger partial charge in [0.15, 0.2) is 18.9 Å². The van der Waals surface area contributed by atoms with Crippen LogP contribution in [-0.2, 0) is 23.2 Å². The number of amides is 1. The molecule has 0 aliphatic heterocycles. The molecule has 1 heterocycles. The molecule has 1 amide bonds. The number of unbranched alkanes of at least 4 members (excludes halogenated alkanes) is 13. The zero-order valence-electron chi connectivity index (χ0n) is 28.6. The van der Waals surface area contributed by atoms with E-state index in [1.807, 2.05) is 30.3 Å². The van der Waals surface area contributed by atoms with Crippen LogP contribution in [0.5, 0.6) is 5.75 Å². The number of hydrogen-bond donors (Lipinski definition) is 1. The van der Waals surface area contributed by atoms with Gasteiger partial charge in [-0.1, -0.05) is 141 Å². The predicted octanol–water partition coefficient (Wildman–Crippen LogP) is 7.37. The molecule has 0 aliphatic rings. The Morgan fingerprint density at radius 1 is 0.711 bits per heavy atom. The zero-order chi connectivity index (χ0) is 31.5. The molecule has 1 N–H and O–H groups in total. The third-order valence-electron chi connectivity index (χ3n) is 8.35. The number of nitrogens with zero attached hydrogens (tertiary/aromatic N) is 1. The van der Waals surface area contributed by atoms with Crippen LogP contribution in [0.15, 0.2) is 73.1 Å². The maximum atomic E-state index is 12.9. The highest BCUT2D eigenvalue weighted by Gasteiger charge is 2.20. The van der Waals surface area contributed by atoms with Crippen molar-refractivity contribution in [3.63, 3.8) is 0 Å². The van der Waals surface area contributed by atoms with Crippen LogP contribution in [0, 0.1) is 0 Å². The van der Waals surface area contributed by atoms with Crippen LogP contribution in [0.1, 0.15) is 134 Å². The van der Waals surface area contributed by atoms with Crippen LogP contribution in [0.3, 0.4) is 0 Å². The Morgan fingerprint density at radius 2 is 1.24 bits per heavy atom. The van der Waals surface area contributed by atoms with Crippen molar-refractivity contribution >= 4 is 11.6 Å². The second-order valence-corrected chi connectivity index (χ2v) is 13.5. The lowest BCUT2D eigenvalue weighted by Crippen LogP contribution is -3.00. The van der Waals surface area contributed by atoms with Crippen molar-refractivity contribution < 1.29 is 31.1 Å². The van der Waals surface area contributed by atoms with Gasteiger partial charge in [0.2, 0.25) is 5.91 Å². The molecule has 0 aliphatic carbocycles. The van der Waals surface area contributed by atoms with E-state index in [0.29, 0.717) is 6.42 Å². The van der Waals surface area contributed by atoms with Gasteiger partial charge in [-0.05, 0) is 41.2 Å². The predicted molar refractivity (Wildman–Crippen MR) is 185 cm³/mol. The summed E-state index contributed by atoms with van der Waals surface area (Å²) in [4.78, 5) is 12.9. The molecule has 3 rings (SSSR count). The van der Waals surface area contributed by atoms with Crippen LogP contribution < -0.4 is 31.6 Å². The lowest BCUT2D eigenvalue weighted by Gasteiger charge is -2.23. The average molecular weight is 680 g/mol. The fraction of sp³-hybridized carbons (Fsp3) is 0.550. The number of ether oxygens (including phenoxy) is 1. The van der Waals surface area contributed by atoms with Gasteiger partial charge < -0.3 is 27.0 Å². The van der Waals surface area contributed by atoms with E-state index in [-0.39, 0.29) is 28.3 Å². The van der Waals surface area contributed by atoms with Crippen LogP contribution in [0.4, 0.5) is 5.69 Å². The summed E-state index contributed by atoms with van der Waals surface area (Å²) in [6.45, 7) is 10.5. The second-order valence-electron chi connectivity index (χ2n) is 13.5. The molecule has 0 unspecified atom stereocenters. The third kappa shape index (κ3) is 15.9. The SMILES string of the molecule is CCCCCCCCCCCCCCCCOc1cc(CC(=O)Nc2ccc(C[n+]3ccccc3)cc2)ccc1C(C)(C)C.[Br-]. The van der Waals surface area contributed by atoms with Crippen LogP contribution in [0.2, 0.25) is 0 Å². The fourth-order valence-corrected chi connectivity index (χ4v) is 5.73. The van der Waals surface area contributed by atoms with Crippen molar-refractivity contribution in [1.82, 2.24) is 0 Å². The molecule has 0 saturated heterocycles. The highest BCUT2D eigenvalue weighted by Crippen LogP contribution is 2.32. The third-order valence-corrected chi connectivity index (χ3v) is 8.35. The number of carbonyl (C=O) groups excluding carboxylic acids is 1. The Kier molecular flexibility index (Phi) is 18.8. The highest BCUT2D eigenvalue weighted by atomic mass is 79.9. The monoisotopic (exact) mass is 678 g/mol. The lowest BCUT2D eigenvalue weighted by molar-refractivity contribution is -0.688. The summed E-state index contributed by atoms with van der Waals surface area (Å²) in [7, 11) is 0. The minimum atomic E-state index is -0.0224. The van der Waals surface area contributed by atoms with E-state index >= 15 is 0 Å². The quantitative estimate of drug-likeness (QED) is 0.0945. The number of benzene rings is 2. The second kappa shape index (κ2) is 22.0. The van der Waals surface area contributed by atoms with Crippen molar-refractivity contribution in [2.75, 3.05) is 11.9 Å². The highest BCUT2D eigenvalue weighted by molar-refractivity contribution is 5.92. The fourth-order valence-electron chi connectivity index (χ4n) is 5.73. The van der Waals surface area contributed by atoms with Gasteiger partial charge in [0.05, 0.1) is 13.0 Å². The number of rotatable bonds is 21. The Morgan fingerprint density at radius 3 is 1.80 bits per heavy atom. The largest absolute Gasteiger partial charge is 1.00 e. The number of carbonyl (C=O) groups is 1. The van der Waals surface area contributed by atoms with Crippen LogP contribution in [0.25, 0.3) is 0 Å². The first kappa shape index (κ1) is 38.5. The van der Waals surface area contributed by atoms with Crippen molar-refractivity contribution in [2.24, 2.45) is 0 Å². The van der Waals surface area contributed by atoms with Crippen molar-refractivity contribution in [3.05, 3.63) is 89.7 Å². The molecule has 0 spiro atoms. The first-order chi connectivity index (χ1) is 21.3. The minimum absolute atomic E-state index is 0. The average Bonchev–Trinajstić information content (AvgIpc) is 3.00.